The molecule has 2 rings (SSSR count). The second kappa shape index (κ2) is 5.65. The molecule has 0 atom stereocenters. The molecule has 0 aliphatic carbocycles. The van der Waals surface area contributed by atoms with E-state index in [1.54, 1.807) is 0 Å². The normalized spacial score (nSPS) is 10.1. The van der Waals surface area contributed by atoms with Crippen LogP contribution >= 0.6 is 12.4 Å². The molecule has 2 heterocycles. The zero-order valence-corrected chi connectivity index (χ0v) is 9.49. The molecule has 0 spiro atoms. The van der Waals surface area contributed by atoms with Gasteiger partial charge in [0.05, 0.1) is 29.8 Å². The standard InChI is InChI=1S/C11H9F2N3.ClH/c12-7-1-3-9(15-5-7)11(14)10-4-2-8(13)6-16-10;/h1-6,11H,14H2;1H. The fourth-order valence-corrected chi connectivity index (χ4v) is 1.29. The zero-order valence-electron chi connectivity index (χ0n) is 8.68. The van der Waals surface area contributed by atoms with Crippen molar-refractivity contribution in [2.24, 2.45) is 5.73 Å². The van der Waals surface area contributed by atoms with Crippen LogP contribution in [0, 0.1) is 11.6 Å². The van der Waals surface area contributed by atoms with Crippen LogP contribution in [-0.2, 0) is 0 Å². The Bertz CT molecular complexity index is 428. The lowest BCUT2D eigenvalue weighted by Crippen LogP contribution is -2.15. The Kier molecular flexibility index (Phi) is 4.48. The molecule has 0 aromatic carbocycles. The van der Waals surface area contributed by atoms with Gasteiger partial charge in [0.25, 0.3) is 0 Å². The van der Waals surface area contributed by atoms with E-state index in [-0.39, 0.29) is 12.4 Å². The van der Waals surface area contributed by atoms with Crippen LogP contribution in [0.25, 0.3) is 0 Å². The molecule has 3 nitrogen and oxygen atoms in total. The molecule has 6 heteroatoms. The summed E-state index contributed by atoms with van der Waals surface area (Å²) in [6.07, 6.45) is 2.16. The Morgan fingerprint density at radius 2 is 1.29 bits per heavy atom. The van der Waals surface area contributed by atoms with Gasteiger partial charge in [-0.15, -0.1) is 12.4 Å². The number of aromatic nitrogens is 2. The van der Waals surface area contributed by atoms with Gasteiger partial charge in [-0.05, 0) is 24.3 Å². The van der Waals surface area contributed by atoms with Gasteiger partial charge in [0.15, 0.2) is 0 Å². The van der Waals surface area contributed by atoms with Crippen molar-refractivity contribution in [1.29, 1.82) is 0 Å². The molecular formula is C11H10ClF2N3. The predicted molar refractivity (Wildman–Crippen MR) is 61.7 cm³/mol. The summed E-state index contributed by atoms with van der Waals surface area (Å²) in [4.78, 5) is 7.69. The molecule has 0 saturated heterocycles. The first kappa shape index (κ1) is 13.5. The summed E-state index contributed by atoms with van der Waals surface area (Å²) in [5.74, 6) is -0.856. The summed E-state index contributed by atoms with van der Waals surface area (Å²) in [6.45, 7) is 0. The summed E-state index contributed by atoms with van der Waals surface area (Å²) in [5, 5.41) is 0. The third kappa shape index (κ3) is 3.18. The Morgan fingerprint density at radius 1 is 0.882 bits per heavy atom. The highest BCUT2D eigenvalue weighted by atomic mass is 35.5. The van der Waals surface area contributed by atoms with Gasteiger partial charge in [-0.3, -0.25) is 9.97 Å². The summed E-state index contributed by atoms with van der Waals surface area (Å²) >= 11 is 0. The number of nitrogens with zero attached hydrogens (tertiary/aromatic N) is 2. The van der Waals surface area contributed by atoms with Gasteiger partial charge in [0.2, 0.25) is 0 Å². The van der Waals surface area contributed by atoms with Crippen molar-refractivity contribution in [2.75, 3.05) is 0 Å². The fraction of sp³-hybridized carbons (Fsp3) is 0.0909. The first-order chi connectivity index (χ1) is 7.66. The van der Waals surface area contributed by atoms with Crippen LogP contribution in [0.2, 0.25) is 0 Å². The van der Waals surface area contributed by atoms with Gasteiger partial charge in [-0.25, -0.2) is 8.78 Å². The molecule has 0 bridgehead atoms. The van der Waals surface area contributed by atoms with E-state index in [1.807, 2.05) is 0 Å². The molecule has 0 radical (unpaired) electrons. The topological polar surface area (TPSA) is 51.8 Å². The highest BCUT2D eigenvalue weighted by Gasteiger charge is 2.11. The third-order valence-corrected chi connectivity index (χ3v) is 2.14. The first-order valence-electron chi connectivity index (χ1n) is 4.65. The van der Waals surface area contributed by atoms with E-state index in [2.05, 4.69) is 9.97 Å². The maximum atomic E-state index is 12.6. The molecule has 90 valence electrons. The maximum absolute atomic E-state index is 12.6. The van der Waals surface area contributed by atoms with Crippen LogP contribution in [0.3, 0.4) is 0 Å². The minimum Gasteiger partial charge on any atom is -0.318 e. The molecule has 2 aromatic rings. The highest BCUT2D eigenvalue weighted by molar-refractivity contribution is 5.85. The van der Waals surface area contributed by atoms with Crippen molar-refractivity contribution >= 4 is 12.4 Å². The summed E-state index contributed by atoms with van der Waals surface area (Å²) in [6, 6.07) is 4.91. The van der Waals surface area contributed by atoms with Crippen LogP contribution in [0.15, 0.2) is 36.7 Å². The monoisotopic (exact) mass is 257 g/mol. The molecule has 17 heavy (non-hydrogen) atoms. The maximum Gasteiger partial charge on any atom is 0.141 e. The van der Waals surface area contributed by atoms with Crippen LogP contribution in [0.1, 0.15) is 17.4 Å². The van der Waals surface area contributed by atoms with Gasteiger partial charge in [-0.2, -0.15) is 0 Å². The average Bonchev–Trinajstić information content (AvgIpc) is 2.30. The lowest BCUT2D eigenvalue weighted by molar-refractivity contribution is 0.612. The molecule has 2 N–H and O–H groups in total. The second-order valence-corrected chi connectivity index (χ2v) is 3.28. The van der Waals surface area contributed by atoms with E-state index < -0.39 is 17.7 Å². The predicted octanol–water partition coefficient (Wildman–Crippen LogP) is 2.22. The number of nitrogens with two attached hydrogens (primary N) is 1. The number of hydrogen-bond donors (Lipinski definition) is 1. The van der Waals surface area contributed by atoms with Crippen molar-refractivity contribution in [1.82, 2.24) is 9.97 Å². The first-order valence-corrected chi connectivity index (χ1v) is 4.65. The zero-order chi connectivity index (χ0) is 11.5. The van der Waals surface area contributed by atoms with Crippen LogP contribution in [0.5, 0.6) is 0 Å². The van der Waals surface area contributed by atoms with Gasteiger partial charge in [0.1, 0.15) is 11.6 Å². The number of hydrogen-bond acceptors (Lipinski definition) is 3. The lowest BCUT2D eigenvalue weighted by Gasteiger charge is -2.09. The van der Waals surface area contributed by atoms with Crippen molar-refractivity contribution in [2.45, 2.75) is 6.04 Å². The molecule has 0 saturated carbocycles. The molecule has 0 fully saturated rings. The summed E-state index contributed by atoms with van der Waals surface area (Å²) < 4.78 is 25.3. The minimum atomic E-state index is -0.582. The highest BCUT2D eigenvalue weighted by Crippen LogP contribution is 2.15. The van der Waals surface area contributed by atoms with E-state index in [0.717, 1.165) is 12.4 Å². The Labute approximate surface area is 103 Å². The Morgan fingerprint density at radius 3 is 1.59 bits per heavy atom. The van der Waals surface area contributed by atoms with Crippen molar-refractivity contribution in [3.63, 3.8) is 0 Å². The van der Waals surface area contributed by atoms with E-state index in [0.29, 0.717) is 11.4 Å². The summed E-state index contributed by atoms with van der Waals surface area (Å²) in [7, 11) is 0. The smallest absolute Gasteiger partial charge is 0.141 e. The number of halogens is 3. The van der Waals surface area contributed by atoms with Crippen molar-refractivity contribution in [3.8, 4) is 0 Å². The third-order valence-electron chi connectivity index (χ3n) is 2.14. The quantitative estimate of drug-likeness (QED) is 0.898. The molecule has 2 aromatic heterocycles. The van der Waals surface area contributed by atoms with Crippen molar-refractivity contribution < 1.29 is 8.78 Å². The molecule has 0 unspecified atom stereocenters. The summed E-state index contributed by atoms with van der Waals surface area (Å²) in [5.41, 5.74) is 6.82. The van der Waals surface area contributed by atoms with E-state index in [4.69, 9.17) is 5.73 Å². The number of pyridine rings is 2. The fourth-order valence-electron chi connectivity index (χ4n) is 1.29. The van der Waals surface area contributed by atoms with Crippen LogP contribution in [-0.4, -0.2) is 9.97 Å². The molecule has 0 aliphatic rings. The Hall–Kier alpha value is -1.59. The molecule has 0 amide bonds. The van der Waals surface area contributed by atoms with Gasteiger partial charge in [0, 0.05) is 0 Å². The Balaban J connectivity index is 0.00000144. The largest absolute Gasteiger partial charge is 0.318 e. The minimum absolute atomic E-state index is 0. The second-order valence-electron chi connectivity index (χ2n) is 3.28. The van der Waals surface area contributed by atoms with Crippen LogP contribution in [0.4, 0.5) is 8.78 Å². The van der Waals surface area contributed by atoms with Crippen LogP contribution < -0.4 is 5.73 Å². The van der Waals surface area contributed by atoms with Gasteiger partial charge in [-0.1, -0.05) is 0 Å². The lowest BCUT2D eigenvalue weighted by atomic mass is 10.1. The van der Waals surface area contributed by atoms with Gasteiger partial charge >= 0.3 is 0 Å². The van der Waals surface area contributed by atoms with E-state index >= 15 is 0 Å². The molecular weight excluding hydrogens is 248 g/mol. The SMILES string of the molecule is Cl.NC(c1ccc(F)cn1)c1ccc(F)cn1. The molecule has 0 aliphatic heterocycles. The number of rotatable bonds is 2. The van der Waals surface area contributed by atoms with Crippen molar-refractivity contribution in [3.05, 3.63) is 59.7 Å². The average molecular weight is 258 g/mol. The van der Waals surface area contributed by atoms with Gasteiger partial charge < -0.3 is 5.73 Å². The van der Waals surface area contributed by atoms with E-state index in [1.165, 1.54) is 24.3 Å². The van der Waals surface area contributed by atoms with E-state index in [9.17, 15) is 8.78 Å².